The largest absolute Gasteiger partial charge is 0.497 e. The first kappa shape index (κ1) is 26.2. The highest BCUT2D eigenvalue weighted by molar-refractivity contribution is 6.31. The maximum atomic E-state index is 13.0. The van der Waals surface area contributed by atoms with Crippen LogP contribution in [-0.4, -0.2) is 32.3 Å². The molecule has 0 saturated heterocycles. The van der Waals surface area contributed by atoms with Crippen molar-refractivity contribution in [2.24, 2.45) is 0 Å². The second-order valence-electron chi connectivity index (χ2n) is 7.80. The van der Waals surface area contributed by atoms with Gasteiger partial charge >= 0.3 is 11.9 Å². The number of fused-ring (bicyclic) bond motifs is 1. The molecule has 0 amide bonds. The lowest BCUT2D eigenvalue weighted by atomic mass is 10.1. The Hall–Kier alpha value is -3.45. The molecule has 0 N–H and O–H groups in total. The van der Waals surface area contributed by atoms with E-state index in [2.05, 4.69) is 0 Å². The van der Waals surface area contributed by atoms with Crippen LogP contribution in [0.15, 0.2) is 42.5 Å². The Morgan fingerprint density at radius 1 is 0.800 bits per heavy atom. The number of carbonyl (C=O) groups excluding carboxylic acids is 2. The molecule has 35 heavy (non-hydrogen) atoms. The summed E-state index contributed by atoms with van der Waals surface area (Å²) in [5, 5.41) is 1.39. The van der Waals surface area contributed by atoms with Crippen LogP contribution in [0.4, 0.5) is 0 Å². The van der Waals surface area contributed by atoms with E-state index >= 15 is 0 Å². The van der Waals surface area contributed by atoms with Gasteiger partial charge in [-0.15, -0.1) is 0 Å². The van der Waals surface area contributed by atoms with E-state index in [1.807, 2.05) is 13.8 Å². The fourth-order valence-electron chi connectivity index (χ4n) is 3.43. The molecule has 0 aliphatic heterocycles. The average molecular weight is 501 g/mol. The predicted octanol–water partition coefficient (Wildman–Crippen LogP) is 6.15. The topological polar surface area (TPSA) is 80.3 Å². The molecular formula is C27H29ClO7. The Labute approximate surface area is 209 Å². The van der Waals surface area contributed by atoms with E-state index in [0.29, 0.717) is 47.6 Å². The van der Waals surface area contributed by atoms with Crippen LogP contribution in [0.5, 0.6) is 28.7 Å². The first-order valence-electron chi connectivity index (χ1n) is 11.4. The first-order chi connectivity index (χ1) is 16.9. The monoisotopic (exact) mass is 500 g/mol. The van der Waals surface area contributed by atoms with Gasteiger partial charge in [0.15, 0.2) is 11.5 Å². The van der Waals surface area contributed by atoms with Gasteiger partial charge in [0.25, 0.3) is 0 Å². The zero-order valence-corrected chi connectivity index (χ0v) is 21.1. The number of esters is 2. The minimum atomic E-state index is -0.520. The number of hydrogen-bond acceptors (Lipinski definition) is 7. The van der Waals surface area contributed by atoms with E-state index in [9.17, 15) is 9.59 Å². The smallest absolute Gasteiger partial charge is 0.315 e. The molecule has 8 heteroatoms. The molecule has 3 rings (SSSR count). The molecule has 0 radical (unpaired) electrons. The van der Waals surface area contributed by atoms with E-state index in [-0.39, 0.29) is 29.4 Å². The molecule has 0 aliphatic carbocycles. The summed E-state index contributed by atoms with van der Waals surface area (Å²) in [4.78, 5) is 25.0. The van der Waals surface area contributed by atoms with E-state index in [1.165, 1.54) is 6.92 Å². The van der Waals surface area contributed by atoms with E-state index < -0.39 is 11.9 Å². The second-order valence-corrected chi connectivity index (χ2v) is 8.23. The number of ether oxygens (including phenoxy) is 5. The Bertz CT molecular complexity index is 1190. The number of rotatable bonds is 11. The van der Waals surface area contributed by atoms with Gasteiger partial charge in [0.2, 0.25) is 11.5 Å². The van der Waals surface area contributed by atoms with Gasteiger partial charge in [-0.3, -0.25) is 9.59 Å². The molecule has 186 valence electrons. The fraction of sp³-hybridized carbons (Fsp3) is 0.333. The van der Waals surface area contributed by atoms with Crippen molar-refractivity contribution < 1.29 is 33.3 Å². The van der Waals surface area contributed by atoms with Gasteiger partial charge < -0.3 is 23.7 Å². The summed E-state index contributed by atoms with van der Waals surface area (Å²) in [5.74, 6) is 0.423. The highest BCUT2D eigenvalue weighted by Crippen LogP contribution is 2.52. The van der Waals surface area contributed by atoms with Gasteiger partial charge in [0.05, 0.1) is 26.7 Å². The molecule has 3 aromatic carbocycles. The summed E-state index contributed by atoms with van der Waals surface area (Å²) in [6, 6.07) is 12.1. The lowest BCUT2D eigenvalue weighted by Gasteiger charge is -2.21. The molecule has 0 saturated carbocycles. The van der Waals surface area contributed by atoms with Gasteiger partial charge in [0.1, 0.15) is 5.75 Å². The summed E-state index contributed by atoms with van der Waals surface area (Å²) in [7, 11) is 1.58. The normalized spacial score (nSPS) is 10.7. The Morgan fingerprint density at radius 2 is 1.40 bits per heavy atom. The Kier molecular flexibility index (Phi) is 9.20. The van der Waals surface area contributed by atoms with Gasteiger partial charge in [-0.25, -0.2) is 0 Å². The zero-order chi connectivity index (χ0) is 25.4. The summed E-state index contributed by atoms with van der Waals surface area (Å²) < 4.78 is 28.6. The molecule has 0 unspecified atom stereocenters. The van der Waals surface area contributed by atoms with Crippen molar-refractivity contribution in [3.8, 4) is 28.7 Å². The van der Waals surface area contributed by atoms with Crippen LogP contribution in [0.1, 0.15) is 39.2 Å². The summed E-state index contributed by atoms with van der Waals surface area (Å²) in [5.41, 5.74) is 0.758. The van der Waals surface area contributed by atoms with E-state index in [4.69, 9.17) is 35.3 Å². The lowest BCUT2D eigenvalue weighted by Crippen LogP contribution is -2.14. The molecule has 0 aromatic heterocycles. The van der Waals surface area contributed by atoms with Gasteiger partial charge in [-0.05, 0) is 48.7 Å². The molecular weight excluding hydrogens is 472 g/mol. The average Bonchev–Trinajstić information content (AvgIpc) is 2.83. The zero-order valence-electron chi connectivity index (χ0n) is 20.3. The molecule has 0 heterocycles. The van der Waals surface area contributed by atoms with Crippen molar-refractivity contribution in [2.75, 3.05) is 20.3 Å². The van der Waals surface area contributed by atoms with Crippen LogP contribution in [0.25, 0.3) is 10.8 Å². The SMILES string of the molecule is CCCOc1c(OCCC)c(OC(=O)Cc2ccc(OC)cc2)c2cc(Cl)ccc2c1OC(C)=O. The maximum absolute atomic E-state index is 13.0. The Morgan fingerprint density at radius 3 is 1.94 bits per heavy atom. The third-order valence-corrected chi connectivity index (χ3v) is 5.19. The van der Waals surface area contributed by atoms with Crippen molar-refractivity contribution >= 4 is 34.3 Å². The van der Waals surface area contributed by atoms with Gasteiger partial charge in [0, 0.05) is 22.7 Å². The minimum absolute atomic E-state index is 0.0239. The molecule has 0 aliphatic rings. The number of halogens is 1. The van der Waals surface area contributed by atoms with Crippen LogP contribution in [0, 0.1) is 0 Å². The minimum Gasteiger partial charge on any atom is -0.497 e. The number of benzene rings is 3. The number of hydrogen-bond donors (Lipinski definition) is 0. The second kappa shape index (κ2) is 12.3. The molecule has 3 aromatic rings. The molecule has 0 bridgehead atoms. The summed E-state index contributed by atoms with van der Waals surface area (Å²) >= 11 is 6.29. The van der Waals surface area contributed by atoms with Gasteiger partial charge in [-0.1, -0.05) is 37.6 Å². The maximum Gasteiger partial charge on any atom is 0.315 e. The highest BCUT2D eigenvalue weighted by Gasteiger charge is 2.27. The van der Waals surface area contributed by atoms with Crippen molar-refractivity contribution in [1.29, 1.82) is 0 Å². The summed E-state index contributed by atoms with van der Waals surface area (Å²) in [6.07, 6.45) is 1.43. The van der Waals surface area contributed by atoms with Crippen LogP contribution < -0.4 is 23.7 Å². The molecule has 0 fully saturated rings. The van der Waals surface area contributed by atoms with Crippen LogP contribution in [0.3, 0.4) is 0 Å². The van der Waals surface area contributed by atoms with E-state index in [0.717, 1.165) is 5.56 Å². The van der Waals surface area contributed by atoms with Crippen molar-refractivity contribution in [2.45, 2.75) is 40.0 Å². The fourth-order valence-corrected chi connectivity index (χ4v) is 3.60. The first-order valence-corrected chi connectivity index (χ1v) is 11.8. The van der Waals surface area contributed by atoms with Crippen LogP contribution in [0.2, 0.25) is 5.02 Å². The van der Waals surface area contributed by atoms with Crippen molar-refractivity contribution in [1.82, 2.24) is 0 Å². The highest BCUT2D eigenvalue weighted by atomic mass is 35.5. The number of methoxy groups -OCH3 is 1. The Balaban J connectivity index is 2.14. The van der Waals surface area contributed by atoms with Crippen molar-refractivity contribution in [3.05, 3.63) is 53.1 Å². The third-order valence-electron chi connectivity index (χ3n) is 4.96. The molecule has 0 atom stereocenters. The summed E-state index contributed by atoms with van der Waals surface area (Å²) in [6.45, 7) is 5.88. The quantitative estimate of drug-likeness (QED) is 0.230. The van der Waals surface area contributed by atoms with Gasteiger partial charge in [-0.2, -0.15) is 0 Å². The van der Waals surface area contributed by atoms with Crippen molar-refractivity contribution in [3.63, 3.8) is 0 Å². The van der Waals surface area contributed by atoms with E-state index in [1.54, 1.807) is 49.6 Å². The predicted molar refractivity (Wildman–Crippen MR) is 134 cm³/mol. The van der Waals surface area contributed by atoms with Crippen LogP contribution >= 0.6 is 11.6 Å². The molecule has 0 spiro atoms. The number of carbonyl (C=O) groups is 2. The molecule has 7 nitrogen and oxygen atoms in total. The third kappa shape index (κ3) is 6.57. The lowest BCUT2D eigenvalue weighted by molar-refractivity contribution is -0.134. The standard InChI is InChI=1S/C27H29ClO7/c1-5-13-32-26-24(34-17(3)29)21-12-9-19(28)16-22(21)25(27(26)33-14-6-2)35-23(30)15-18-7-10-20(31-4)11-8-18/h7-12,16H,5-6,13-15H2,1-4H3. The van der Waals surface area contributed by atoms with Crippen LogP contribution in [-0.2, 0) is 16.0 Å².